The highest BCUT2D eigenvalue weighted by molar-refractivity contribution is 6.30. The molecule has 0 bridgehead atoms. The lowest BCUT2D eigenvalue weighted by Gasteiger charge is -2.07. The molecule has 2 aromatic heterocycles. The smallest absolute Gasteiger partial charge is 0.228 e. The molecule has 0 aliphatic heterocycles. The Hall–Kier alpha value is -2.86. The second-order valence-electron chi connectivity index (χ2n) is 5.19. The van der Waals surface area contributed by atoms with Gasteiger partial charge in [-0.2, -0.15) is 5.10 Å². The monoisotopic (exact) mass is 342 g/mol. The third-order valence-corrected chi connectivity index (χ3v) is 3.41. The summed E-state index contributed by atoms with van der Waals surface area (Å²) in [5.41, 5.74) is 1.56. The van der Waals surface area contributed by atoms with Crippen LogP contribution in [0.15, 0.2) is 55.0 Å². The van der Waals surface area contributed by atoms with E-state index >= 15 is 0 Å². The van der Waals surface area contributed by atoms with Gasteiger partial charge >= 0.3 is 0 Å². The van der Waals surface area contributed by atoms with Crippen molar-refractivity contribution < 1.29 is 9.53 Å². The van der Waals surface area contributed by atoms with Crippen molar-refractivity contribution in [2.24, 2.45) is 7.05 Å². The van der Waals surface area contributed by atoms with Crippen LogP contribution in [0.4, 0.5) is 5.69 Å². The maximum atomic E-state index is 12.0. The first kappa shape index (κ1) is 16.0. The molecule has 0 spiro atoms. The number of aromatic nitrogens is 3. The van der Waals surface area contributed by atoms with Gasteiger partial charge in [0.2, 0.25) is 11.8 Å². The number of hydrogen-bond donors (Lipinski definition) is 1. The van der Waals surface area contributed by atoms with Gasteiger partial charge in [-0.3, -0.25) is 9.48 Å². The Morgan fingerprint density at radius 2 is 2.00 bits per heavy atom. The van der Waals surface area contributed by atoms with E-state index < -0.39 is 0 Å². The Morgan fingerprint density at radius 3 is 2.62 bits per heavy atom. The highest BCUT2D eigenvalue weighted by Crippen LogP contribution is 2.22. The molecular formula is C17H15ClN4O2. The number of rotatable bonds is 5. The highest BCUT2D eigenvalue weighted by atomic mass is 35.5. The molecule has 0 aliphatic rings. The number of nitrogens with one attached hydrogen (secondary N) is 1. The van der Waals surface area contributed by atoms with E-state index in [2.05, 4.69) is 15.4 Å². The third-order valence-electron chi connectivity index (χ3n) is 3.18. The summed E-state index contributed by atoms with van der Waals surface area (Å²) in [5, 5.41) is 7.42. The van der Waals surface area contributed by atoms with Crippen LogP contribution in [0.25, 0.3) is 0 Å². The van der Waals surface area contributed by atoms with Gasteiger partial charge in [0.25, 0.3) is 0 Å². The van der Waals surface area contributed by atoms with Crippen LogP contribution in [-0.2, 0) is 18.3 Å². The van der Waals surface area contributed by atoms with Gasteiger partial charge in [0.05, 0.1) is 17.6 Å². The van der Waals surface area contributed by atoms with E-state index in [4.69, 9.17) is 16.3 Å². The zero-order valence-electron chi connectivity index (χ0n) is 12.9. The van der Waals surface area contributed by atoms with Crippen molar-refractivity contribution in [3.63, 3.8) is 0 Å². The van der Waals surface area contributed by atoms with Gasteiger partial charge < -0.3 is 10.1 Å². The fourth-order valence-electron chi connectivity index (χ4n) is 2.10. The van der Waals surface area contributed by atoms with Crippen molar-refractivity contribution in [2.75, 3.05) is 5.32 Å². The molecule has 0 atom stereocenters. The first-order valence-electron chi connectivity index (χ1n) is 7.25. The number of benzene rings is 1. The Balaban J connectivity index is 1.57. The number of pyridine rings is 1. The maximum absolute atomic E-state index is 12.0. The maximum Gasteiger partial charge on any atom is 0.228 e. The summed E-state index contributed by atoms with van der Waals surface area (Å²) in [6, 6.07) is 10.5. The topological polar surface area (TPSA) is 69.0 Å². The number of amides is 1. The number of halogens is 1. The molecule has 1 aromatic carbocycles. The van der Waals surface area contributed by atoms with Crippen LogP contribution in [-0.4, -0.2) is 20.7 Å². The second kappa shape index (κ2) is 7.14. The summed E-state index contributed by atoms with van der Waals surface area (Å²) >= 11 is 5.78. The molecule has 0 unspecified atom stereocenters. The zero-order valence-corrected chi connectivity index (χ0v) is 13.7. The summed E-state index contributed by atoms with van der Waals surface area (Å²) in [6.45, 7) is 0. The van der Waals surface area contributed by atoms with Crippen LogP contribution in [0.5, 0.6) is 11.6 Å². The zero-order chi connectivity index (χ0) is 16.9. The summed E-state index contributed by atoms with van der Waals surface area (Å²) in [5.74, 6) is 0.971. The lowest BCUT2D eigenvalue weighted by molar-refractivity contribution is -0.115. The second-order valence-corrected chi connectivity index (χ2v) is 5.62. The molecule has 0 fully saturated rings. The lowest BCUT2D eigenvalue weighted by atomic mass is 10.2. The van der Waals surface area contributed by atoms with Gasteiger partial charge in [0.1, 0.15) is 5.75 Å². The van der Waals surface area contributed by atoms with E-state index in [0.29, 0.717) is 22.3 Å². The predicted molar refractivity (Wildman–Crippen MR) is 91.3 cm³/mol. The van der Waals surface area contributed by atoms with Gasteiger partial charge in [-0.15, -0.1) is 0 Å². The van der Waals surface area contributed by atoms with Gasteiger partial charge in [-0.1, -0.05) is 11.6 Å². The molecule has 0 aliphatic carbocycles. The van der Waals surface area contributed by atoms with Crippen LogP contribution < -0.4 is 10.1 Å². The van der Waals surface area contributed by atoms with Gasteiger partial charge in [0.15, 0.2) is 0 Å². The number of carbonyl (C=O) groups excluding carboxylic acids is 1. The number of nitrogens with zero attached hydrogens (tertiary/aromatic N) is 3. The average molecular weight is 343 g/mol. The quantitative estimate of drug-likeness (QED) is 0.771. The van der Waals surface area contributed by atoms with E-state index in [9.17, 15) is 4.79 Å². The molecule has 1 amide bonds. The molecule has 6 nitrogen and oxygen atoms in total. The van der Waals surface area contributed by atoms with Gasteiger partial charge in [0, 0.05) is 31.2 Å². The van der Waals surface area contributed by atoms with E-state index in [1.807, 2.05) is 13.2 Å². The average Bonchev–Trinajstić information content (AvgIpc) is 2.96. The first-order valence-corrected chi connectivity index (χ1v) is 7.63. The SMILES string of the molecule is Cn1cc(CC(=O)Nc2ccc(Oc3ccc(Cl)cn3)cc2)cn1. The van der Waals surface area contributed by atoms with E-state index in [1.54, 1.807) is 47.3 Å². The number of anilines is 1. The van der Waals surface area contributed by atoms with Crippen molar-refractivity contribution in [1.82, 2.24) is 14.8 Å². The number of carbonyl (C=O) groups is 1. The Kier molecular flexibility index (Phi) is 4.77. The van der Waals surface area contributed by atoms with Crippen molar-refractivity contribution >= 4 is 23.2 Å². The van der Waals surface area contributed by atoms with Crippen molar-refractivity contribution in [2.45, 2.75) is 6.42 Å². The number of hydrogen-bond acceptors (Lipinski definition) is 4. The number of ether oxygens (including phenoxy) is 1. The standard InChI is InChI=1S/C17H15ClN4O2/c1-22-11-12(9-20-22)8-16(23)21-14-3-5-15(6-4-14)24-17-7-2-13(18)10-19-17/h2-7,9-11H,8H2,1H3,(H,21,23). The van der Waals surface area contributed by atoms with Crippen molar-refractivity contribution in [1.29, 1.82) is 0 Å². The minimum Gasteiger partial charge on any atom is -0.439 e. The molecule has 24 heavy (non-hydrogen) atoms. The molecule has 0 saturated heterocycles. The number of aryl methyl sites for hydroxylation is 1. The van der Waals surface area contributed by atoms with Crippen LogP contribution in [0, 0.1) is 0 Å². The molecule has 122 valence electrons. The first-order chi connectivity index (χ1) is 11.6. The third kappa shape index (κ3) is 4.33. The summed E-state index contributed by atoms with van der Waals surface area (Å²) in [6.07, 6.45) is 5.29. The van der Waals surface area contributed by atoms with E-state index in [-0.39, 0.29) is 12.3 Å². The van der Waals surface area contributed by atoms with Crippen LogP contribution in [0.1, 0.15) is 5.56 Å². The normalized spacial score (nSPS) is 10.4. The van der Waals surface area contributed by atoms with Crippen molar-refractivity contribution in [3.8, 4) is 11.6 Å². The lowest BCUT2D eigenvalue weighted by Crippen LogP contribution is -2.13. The Bertz CT molecular complexity index is 829. The molecule has 3 aromatic rings. The minimum absolute atomic E-state index is 0.101. The van der Waals surface area contributed by atoms with E-state index in [1.165, 1.54) is 6.20 Å². The highest BCUT2D eigenvalue weighted by Gasteiger charge is 2.06. The summed E-state index contributed by atoms with van der Waals surface area (Å²) in [4.78, 5) is 16.1. The van der Waals surface area contributed by atoms with Crippen LogP contribution >= 0.6 is 11.6 Å². The van der Waals surface area contributed by atoms with Crippen molar-refractivity contribution in [3.05, 3.63) is 65.6 Å². The largest absolute Gasteiger partial charge is 0.439 e. The Labute approximate surface area is 144 Å². The minimum atomic E-state index is -0.101. The van der Waals surface area contributed by atoms with Crippen LogP contribution in [0.2, 0.25) is 5.02 Å². The van der Waals surface area contributed by atoms with Gasteiger partial charge in [-0.25, -0.2) is 4.98 Å². The molecule has 7 heteroatoms. The fourth-order valence-corrected chi connectivity index (χ4v) is 2.22. The molecule has 1 N–H and O–H groups in total. The molecule has 0 radical (unpaired) electrons. The molecule has 0 saturated carbocycles. The van der Waals surface area contributed by atoms with E-state index in [0.717, 1.165) is 5.56 Å². The molecular weight excluding hydrogens is 328 g/mol. The Morgan fingerprint density at radius 1 is 1.21 bits per heavy atom. The predicted octanol–water partition coefficient (Wildman–Crippen LogP) is 3.44. The van der Waals surface area contributed by atoms with Gasteiger partial charge in [-0.05, 0) is 35.9 Å². The van der Waals surface area contributed by atoms with Crippen LogP contribution in [0.3, 0.4) is 0 Å². The summed E-state index contributed by atoms with van der Waals surface area (Å²) in [7, 11) is 1.82. The summed E-state index contributed by atoms with van der Waals surface area (Å²) < 4.78 is 7.26. The fraction of sp³-hybridized carbons (Fsp3) is 0.118. The molecule has 2 heterocycles. The molecule has 3 rings (SSSR count).